The summed E-state index contributed by atoms with van der Waals surface area (Å²) in [5.41, 5.74) is 0. The number of hydrogen-bond acceptors (Lipinski definition) is 5. The molecule has 0 aromatic carbocycles. The van der Waals surface area contributed by atoms with Crippen molar-refractivity contribution >= 4 is 23.4 Å². The summed E-state index contributed by atoms with van der Waals surface area (Å²) in [7, 11) is 0. The number of aromatic nitrogens is 2. The molecule has 1 saturated carbocycles. The fourth-order valence-electron chi connectivity index (χ4n) is 2.29. The predicted molar refractivity (Wildman–Crippen MR) is 68.4 cm³/mol. The molecule has 5 nitrogen and oxygen atoms in total. The first-order chi connectivity index (χ1) is 9.11. The smallest absolute Gasteiger partial charge is 0.311 e. The third-order valence-corrected chi connectivity index (χ3v) is 3.32. The van der Waals surface area contributed by atoms with Gasteiger partial charge in [-0.2, -0.15) is 4.98 Å². The fourth-order valence-corrected chi connectivity index (χ4v) is 2.42. The molecule has 1 heterocycles. The Hall–Kier alpha value is -1.43. The molecular formula is C12H15ClFN3O2. The molecule has 0 amide bonds. The third kappa shape index (κ3) is 3.32. The molecule has 104 valence electrons. The van der Waals surface area contributed by atoms with Gasteiger partial charge in [0.1, 0.15) is 0 Å². The zero-order valence-electron chi connectivity index (χ0n) is 10.5. The summed E-state index contributed by atoms with van der Waals surface area (Å²) in [6.07, 6.45) is 3.40. The van der Waals surface area contributed by atoms with Crippen LogP contribution in [0.4, 0.5) is 10.2 Å². The van der Waals surface area contributed by atoms with Gasteiger partial charge >= 0.3 is 5.97 Å². The van der Waals surface area contributed by atoms with E-state index >= 15 is 0 Å². The van der Waals surface area contributed by atoms with Gasteiger partial charge in [0.2, 0.25) is 5.28 Å². The molecule has 0 saturated heterocycles. The average Bonchev–Trinajstić information content (AvgIpc) is 2.82. The second-order valence-electron chi connectivity index (χ2n) is 4.38. The van der Waals surface area contributed by atoms with Gasteiger partial charge in [0.25, 0.3) is 0 Å². The van der Waals surface area contributed by atoms with Crippen molar-refractivity contribution in [1.29, 1.82) is 0 Å². The zero-order valence-corrected chi connectivity index (χ0v) is 11.3. The highest BCUT2D eigenvalue weighted by atomic mass is 35.5. The molecule has 1 N–H and O–H groups in total. The van der Waals surface area contributed by atoms with Gasteiger partial charge in [-0.15, -0.1) is 0 Å². The van der Waals surface area contributed by atoms with Gasteiger partial charge in [0, 0.05) is 6.04 Å². The Morgan fingerprint density at radius 3 is 3.16 bits per heavy atom. The molecule has 1 aliphatic rings. The van der Waals surface area contributed by atoms with Crippen molar-refractivity contribution in [2.24, 2.45) is 5.92 Å². The minimum atomic E-state index is -0.584. The number of anilines is 1. The van der Waals surface area contributed by atoms with Crippen LogP contribution in [0.15, 0.2) is 6.20 Å². The number of halogens is 2. The van der Waals surface area contributed by atoms with Crippen molar-refractivity contribution in [3.05, 3.63) is 17.3 Å². The summed E-state index contributed by atoms with van der Waals surface area (Å²) in [6.45, 7) is 2.11. The van der Waals surface area contributed by atoms with Crippen molar-refractivity contribution in [1.82, 2.24) is 9.97 Å². The van der Waals surface area contributed by atoms with Gasteiger partial charge in [-0.1, -0.05) is 6.42 Å². The highest BCUT2D eigenvalue weighted by Crippen LogP contribution is 2.30. The second-order valence-corrected chi connectivity index (χ2v) is 4.71. The number of hydrogen-bond donors (Lipinski definition) is 1. The van der Waals surface area contributed by atoms with E-state index < -0.39 is 5.82 Å². The first-order valence-corrected chi connectivity index (χ1v) is 6.60. The Morgan fingerprint density at radius 2 is 2.42 bits per heavy atom. The quantitative estimate of drug-likeness (QED) is 0.680. The molecule has 2 rings (SSSR count). The van der Waals surface area contributed by atoms with Crippen LogP contribution in [-0.2, 0) is 9.53 Å². The van der Waals surface area contributed by atoms with Gasteiger partial charge in [-0.3, -0.25) is 4.79 Å². The van der Waals surface area contributed by atoms with Crippen LogP contribution in [0.25, 0.3) is 0 Å². The predicted octanol–water partition coefficient (Wildman–Crippen LogP) is 2.41. The van der Waals surface area contributed by atoms with E-state index in [2.05, 4.69) is 15.3 Å². The molecule has 1 aromatic heterocycles. The van der Waals surface area contributed by atoms with Crippen molar-refractivity contribution in [3.63, 3.8) is 0 Å². The van der Waals surface area contributed by atoms with Crippen molar-refractivity contribution in [2.45, 2.75) is 32.2 Å². The van der Waals surface area contributed by atoms with Crippen LogP contribution in [0.3, 0.4) is 0 Å². The molecule has 1 fully saturated rings. The number of nitrogens with zero attached hydrogens (tertiary/aromatic N) is 2. The summed E-state index contributed by atoms with van der Waals surface area (Å²) in [6, 6.07) is -0.181. The second kappa shape index (κ2) is 6.14. The number of carbonyl (C=O) groups excluding carboxylic acids is 1. The van der Waals surface area contributed by atoms with Crippen LogP contribution >= 0.6 is 11.6 Å². The van der Waals surface area contributed by atoms with E-state index in [-0.39, 0.29) is 29.0 Å². The molecule has 0 bridgehead atoms. The normalized spacial score (nSPS) is 22.3. The zero-order chi connectivity index (χ0) is 13.8. The molecule has 19 heavy (non-hydrogen) atoms. The minimum absolute atomic E-state index is 0.0289. The molecule has 0 spiro atoms. The van der Waals surface area contributed by atoms with Gasteiger partial charge in [0.05, 0.1) is 18.7 Å². The van der Waals surface area contributed by atoms with Crippen LogP contribution in [0, 0.1) is 11.7 Å². The Bertz CT molecular complexity index is 472. The minimum Gasteiger partial charge on any atom is -0.466 e. The highest BCUT2D eigenvalue weighted by molar-refractivity contribution is 6.28. The van der Waals surface area contributed by atoms with Crippen LogP contribution in [0.1, 0.15) is 26.2 Å². The van der Waals surface area contributed by atoms with Gasteiger partial charge in [-0.05, 0) is 31.4 Å². The summed E-state index contributed by atoms with van der Waals surface area (Å²) >= 11 is 5.63. The standard InChI is InChI=1S/C12H15ClFN3O2/c1-2-19-11(18)7-4-3-5-9(7)16-10-8(14)6-15-12(13)17-10/h6-7,9H,2-5H2,1H3,(H,15,16,17)/t7-,9-/m1/s1. The highest BCUT2D eigenvalue weighted by Gasteiger charge is 2.34. The van der Waals surface area contributed by atoms with E-state index in [9.17, 15) is 9.18 Å². The molecule has 1 aliphatic carbocycles. The molecule has 1 aromatic rings. The SMILES string of the molecule is CCOC(=O)[C@@H]1CCC[C@H]1Nc1nc(Cl)ncc1F. The van der Waals surface area contributed by atoms with Crippen LogP contribution in [-0.4, -0.2) is 28.6 Å². The summed E-state index contributed by atoms with van der Waals surface area (Å²) in [5.74, 6) is -1.08. The van der Waals surface area contributed by atoms with Crippen molar-refractivity contribution < 1.29 is 13.9 Å². The third-order valence-electron chi connectivity index (χ3n) is 3.14. The Labute approximate surface area is 115 Å². The van der Waals surface area contributed by atoms with E-state index in [0.29, 0.717) is 6.61 Å². The largest absolute Gasteiger partial charge is 0.466 e. The fraction of sp³-hybridized carbons (Fsp3) is 0.583. The number of carbonyl (C=O) groups is 1. The Balaban J connectivity index is 2.09. The van der Waals surface area contributed by atoms with Crippen molar-refractivity contribution in [3.8, 4) is 0 Å². The lowest BCUT2D eigenvalue weighted by molar-refractivity contribution is -0.148. The van der Waals surface area contributed by atoms with E-state index in [4.69, 9.17) is 16.3 Å². The monoisotopic (exact) mass is 287 g/mol. The number of rotatable bonds is 4. The number of esters is 1. The average molecular weight is 288 g/mol. The van der Waals surface area contributed by atoms with Gasteiger partial charge < -0.3 is 10.1 Å². The lowest BCUT2D eigenvalue weighted by Crippen LogP contribution is -2.32. The maximum absolute atomic E-state index is 13.5. The molecule has 2 atom stereocenters. The Morgan fingerprint density at radius 1 is 1.63 bits per heavy atom. The summed E-state index contributed by atoms with van der Waals surface area (Å²) in [5, 5.41) is 2.90. The Kier molecular flexibility index (Phi) is 4.52. The summed E-state index contributed by atoms with van der Waals surface area (Å²) < 4.78 is 18.6. The summed E-state index contributed by atoms with van der Waals surface area (Å²) in [4.78, 5) is 19.1. The van der Waals surface area contributed by atoms with Crippen LogP contribution in [0.5, 0.6) is 0 Å². The van der Waals surface area contributed by atoms with Gasteiger partial charge in [-0.25, -0.2) is 9.37 Å². The molecule has 0 radical (unpaired) electrons. The van der Waals surface area contributed by atoms with E-state index in [1.807, 2.05) is 0 Å². The maximum atomic E-state index is 13.5. The molecule has 0 unspecified atom stereocenters. The van der Waals surface area contributed by atoms with E-state index in [1.165, 1.54) is 0 Å². The number of nitrogens with one attached hydrogen (secondary N) is 1. The number of ether oxygens (including phenoxy) is 1. The first-order valence-electron chi connectivity index (χ1n) is 6.23. The first kappa shape index (κ1) is 14.0. The van der Waals surface area contributed by atoms with Crippen LogP contribution in [0.2, 0.25) is 5.28 Å². The maximum Gasteiger partial charge on any atom is 0.311 e. The molecule has 7 heteroatoms. The van der Waals surface area contributed by atoms with Gasteiger partial charge in [0.15, 0.2) is 11.6 Å². The van der Waals surface area contributed by atoms with Crippen LogP contribution < -0.4 is 5.32 Å². The lowest BCUT2D eigenvalue weighted by atomic mass is 10.0. The van der Waals surface area contributed by atoms with E-state index in [1.54, 1.807) is 6.92 Å². The van der Waals surface area contributed by atoms with E-state index in [0.717, 1.165) is 25.5 Å². The topological polar surface area (TPSA) is 64.1 Å². The van der Waals surface area contributed by atoms with Crippen molar-refractivity contribution in [2.75, 3.05) is 11.9 Å². The molecular weight excluding hydrogens is 273 g/mol. The molecule has 0 aliphatic heterocycles. The lowest BCUT2D eigenvalue weighted by Gasteiger charge is -2.20.